The molecule has 2 aromatic carbocycles. The van der Waals surface area contributed by atoms with Crippen LogP contribution in [-0.4, -0.2) is 23.9 Å². The fourth-order valence-corrected chi connectivity index (χ4v) is 5.50. The van der Waals surface area contributed by atoms with Crippen molar-refractivity contribution in [3.8, 4) is 11.4 Å². The van der Waals surface area contributed by atoms with Gasteiger partial charge in [0, 0.05) is 0 Å². The highest BCUT2D eigenvalue weighted by Gasteiger charge is 2.22. The minimum absolute atomic E-state index is 0.0640. The monoisotopic (exact) mass is 356 g/mol. The van der Waals surface area contributed by atoms with Gasteiger partial charge in [0.25, 0.3) is 5.56 Å². The smallest absolute Gasteiger partial charge is 0.266 e. The fraction of sp³-hybridized carbons (Fsp3) is 0.222. The van der Waals surface area contributed by atoms with E-state index >= 15 is 0 Å². The molecule has 24 heavy (non-hydrogen) atoms. The standard InChI is InChI=1S/C18H20N2O2SSi/c1-22-16-12-8-7-11-15(16)20-17(21)13-9-5-6-10-14(13)19-18(20)23-24(2,3)4/h5-12H,1-4H3. The molecule has 0 saturated heterocycles. The van der Waals surface area contributed by atoms with E-state index in [0.29, 0.717) is 11.1 Å². The number of rotatable bonds is 4. The maximum Gasteiger partial charge on any atom is 0.266 e. The summed E-state index contributed by atoms with van der Waals surface area (Å²) in [6.45, 7) is 6.72. The van der Waals surface area contributed by atoms with Crippen LogP contribution in [-0.2, 0) is 0 Å². The van der Waals surface area contributed by atoms with Crippen molar-refractivity contribution in [2.45, 2.75) is 24.8 Å². The largest absolute Gasteiger partial charge is 0.495 e. The molecule has 3 rings (SSSR count). The SMILES string of the molecule is COc1ccccc1-n1c(S[Si](C)(C)C)nc2ccccc2c1=O. The first-order valence-corrected chi connectivity index (χ1v) is 12.8. The molecular weight excluding hydrogens is 336 g/mol. The molecule has 0 saturated carbocycles. The van der Waals surface area contributed by atoms with E-state index in [9.17, 15) is 4.79 Å². The Hall–Kier alpha value is -2.05. The van der Waals surface area contributed by atoms with E-state index in [-0.39, 0.29) is 5.56 Å². The van der Waals surface area contributed by atoms with Crippen molar-refractivity contribution >= 4 is 29.3 Å². The van der Waals surface area contributed by atoms with Gasteiger partial charge in [0.2, 0.25) is 0 Å². The molecule has 6 heteroatoms. The summed E-state index contributed by atoms with van der Waals surface area (Å²) in [5, 5.41) is 1.34. The van der Waals surface area contributed by atoms with Gasteiger partial charge in [-0.2, -0.15) is 0 Å². The molecule has 0 fully saturated rings. The van der Waals surface area contributed by atoms with Crippen molar-refractivity contribution in [1.29, 1.82) is 0 Å². The zero-order valence-corrected chi connectivity index (χ0v) is 16.1. The third-order valence-corrected chi connectivity index (χ3v) is 6.92. The van der Waals surface area contributed by atoms with Crippen LogP contribution in [0.5, 0.6) is 5.75 Å². The molecule has 0 aliphatic carbocycles. The summed E-state index contributed by atoms with van der Waals surface area (Å²) in [5.41, 5.74) is 1.39. The molecule has 0 atom stereocenters. The van der Waals surface area contributed by atoms with Gasteiger partial charge in [-0.1, -0.05) is 43.9 Å². The molecule has 0 N–H and O–H groups in total. The molecule has 0 aliphatic rings. The van der Waals surface area contributed by atoms with E-state index in [1.54, 1.807) is 22.9 Å². The quantitative estimate of drug-likeness (QED) is 0.516. The summed E-state index contributed by atoms with van der Waals surface area (Å²) < 4.78 is 7.15. The Morgan fingerprint density at radius 2 is 1.71 bits per heavy atom. The fourth-order valence-electron chi connectivity index (χ4n) is 2.48. The van der Waals surface area contributed by atoms with Crippen LogP contribution >= 0.6 is 11.2 Å². The molecule has 0 spiro atoms. The first-order chi connectivity index (χ1) is 11.4. The van der Waals surface area contributed by atoms with Crippen molar-refractivity contribution in [1.82, 2.24) is 9.55 Å². The molecule has 0 radical (unpaired) electrons. The van der Waals surface area contributed by atoms with Crippen molar-refractivity contribution in [2.75, 3.05) is 7.11 Å². The van der Waals surface area contributed by atoms with Crippen LogP contribution in [0.4, 0.5) is 0 Å². The van der Waals surface area contributed by atoms with Gasteiger partial charge in [0.05, 0.1) is 23.7 Å². The summed E-state index contributed by atoms with van der Waals surface area (Å²) in [4.78, 5) is 18.0. The number of hydrogen-bond acceptors (Lipinski definition) is 4. The van der Waals surface area contributed by atoms with Crippen LogP contribution < -0.4 is 10.3 Å². The molecule has 0 unspecified atom stereocenters. The minimum Gasteiger partial charge on any atom is -0.495 e. The number of benzene rings is 2. The van der Waals surface area contributed by atoms with E-state index in [2.05, 4.69) is 19.6 Å². The number of ether oxygens (including phenoxy) is 1. The van der Waals surface area contributed by atoms with Crippen molar-refractivity contribution in [3.63, 3.8) is 0 Å². The Labute approximate surface area is 146 Å². The second kappa shape index (κ2) is 6.45. The highest BCUT2D eigenvalue weighted by atomic mass is 32.4. The predicted molar refractivity (Wildman–Crippen MR) is 103 cm³/mol. The lowest BCUT2D eigenvalue weighted by atomic mass is 10.2. The molecule has 1 aromatic heterocycles. The number of aromatic nitrogens is 2. The van der Waals surface area contributed by atoms with Crippen LogP contribution in [0, 0.1) is 0 Å². The number of nitrogens with zero attached hydrogens (tertiary/aromatic N) is 2. The average molecular weight is 357 g/mol. The zero-order valence-electron chi connectivity index (χ0n) is 14.2. The van der Waals surface area contributed by atoms with Gasteiger partial charge in [0.15, 0.2) is 5.16 Å². The lowest BCUT2D eigenvalue weighted by molar-refractivity contribution is 0.411. The topological polar surface area (TPSA) is 44.1 Å². The summed E-state index contributed by atoms with van der Waals surface area (Å²) in [6.07, 6.45) is 0. The number of hydrogen-bond donors (Lipinski definition) is 0. The van der Waals surface area contributed by atoms with Gasteiger partial charge < -0.3 is 4.74 Å². The van der Waals surface area contributed by atoms with Crippen LogP contribution in [0.25, 0.3) is 16.6 Å². The lowest BCUT2D eigenvalue weighted by Gasteiger charge is -2.20. The molecule has 0 bridgehead atoms. The highest BCUT2D eigenvalue weighted by molar-refractivity contribution is 8.28. The Morgan fingerprint density at radius 3 is 2.42 bits per heavy atom. The van der Waals surface area contributed by atoms with Gasteiger partial charge >= 0.3 is 0 Å². The van der Waals surface area contributed by atoms with Crippen molar-refractivity contribution in [2.24, 2.45) is 0 Å². The number of para-hydroxylation sites is 3. The summed E-state index contributed by atoms with van der Waals surface area (Å²) in [6, 6.07) is 15.0. The van der Waals surface area contributed by atoms with Crippen molar-refractivity contribution < 1.29 is 4.74 Å². The average Bonchev–Trinajstić information content (AvgIpc) is 2.54. The third-order valence-electron chi connectivity index (χ3n) is 3.47. The van der Waals surface area contributed by atoms with Gasteiger partial charge in [0.1, 0.15) is 13.0 Å². The van der Waals surface area contributed by atoms with E-state index in [1.165, 1.54) is 0 Å². The zero-order chi connectivity index (χ0) is 17.3. The van der Waals surface area contributed by atoms with Gasteiger partial charge in [-0.15, -0.1) is 11.2 Å². The predicted octanol–water partition coefficient (Wildman–Crippen LogP) is 4.32. The number of fused-ring (bicyclic) bond motifs is 1. The van der Waals surface area contributed by atoms with Crippen LogP contribution in [0.1, 0.15) is 0 Å². The normalized spacial score (nSPS) is 11.7. The first kappa shape index (κ1) is 16.8. The second-order valence-corrected chi connectivity index (χ2v) is 15.5. The van der Waals surface area contributed by atoms with Crippen LogP contribution in [0.3, 0.4) is 0 Å². The Morgan fingerprint density at radius 1 is 1.04 bits per heavy atom. The maximum absolute atomic E-state index is 13.2. The molecule has 3 aromatic rings. The minimum atomic E-state index is -1.55. The third kappa shape index (κ3) is 3.25. The van der Waals surface area contributed by atoms with Crippen molar-refractivity contribution in [3.05, 3.63) is 58.9 Å². The van der Waals surface area contributed by atoms with E-state index in [0.717, 1.165) is 16.4 Å². The van der Waals surface area contributed by atoms with Crippen LogP contribution in [0.2, 0.25) is 19.6 Å². The molecule has 0 aliphatic heterocycles. The Kier molecular flexibility index (Phi) is 4.51. The van der Waals surface area contributed by atoms with E-state index < -0.39 is 7.22 Å². The lowest BCUT2D eigenvalue weighted by Crippen LogP contribution is -2.25. The number of methoxy groups -OCH3 is 1. The Balaban J connectivity index is 2.37. The molecule has 124 valence electrons. The van der Waals surface area contributed by atoms with Crippen LogP contribution in [0.15, 0.2) is 58.5 Å². The summed E-state index contributed by atoms with van der Waals surface area (Å²) in [7, 11) is 0.0682. The van der Waals surface area contributed by atoms with Gasteiger partial charge in [-0.25, -0.2) is 4.98 Å². The van der Waals surface area contributed by atoms with Gasteiger partial charge in [-0.3, -0.25) is 9.36 Å². The Bertz CT molecular complexity index is 948. The molecule has 0 amide bonds. The molecule has 1 heterocycles. The summed E-state index contributed by atoms with van der Waals surface area (Å²) in [5.74, 6) is 0.661. The maximum atomic E-state index is 13.2. The summed E-state index contributed by atoms with van der Waals surface area (Å²) >= 11 is 1.71. The highest BCUT2D eigenvalue weighted by Crippen LogP contribution is 2.31. The second-order valence-electron chi connectivity index (χ2n) is 6.44. The molecular formula is C18H20N2O2SSi. The van der Waals surface area contributed by atoms with E-state index in [1.807, 2.05) is 48.5 Å². The molecule has 4 nitrogen and oxygen atoms in total. The first-order valence-electron chi connectivity index (χ1n) is 7.75. The van der Waals surface area contributed by atoms with E-state index in [4.69, 9.17) is 9.72 Å². The van der Waals surface area contributed by atoms with Gasteiger partial charge in [-0.05, 0) is 24.3 Å².